The molecule has 0 N–H and O–H groups in total. The number of amides is 1. The highest BCUT2D eigenvalue weighted by molar-refractivity contribution is 7.99. The molecule has 0 spiro atoms. The second kappa shape index (κ2) is 9.88. The van der Waals surface area contributed by atoms with Crippen molar-refractivity contribution in [1.29, 1.82) is 0 Å². The lowest BCUT2D eigenvalue weighted by molar-refractivity contribution is -0.127. The number of carbonyl (C=O) groups excluding carboxylic acids is 1. The molecule has 168 valence electrons. The first-order valence-corrected chi connectivity index (χ1v) is 12.6. The number of nitrogens with zero attached hydrogens (tertiary/aromatic N) is 4. The summed E-state index contributed by atoms with van der Waals surface area (Å²) in [6.07, 6.45) is 1.58. The fraction of sp³-hybridized carbons (Fsp3) is 0.429. The lowest BCUT2D eigenvalue weighted by atomic mass is 10.3. The van der Waals surface area contributed by atoms with Crippen LogP contribution in [0.25, 0.3) is 11.0 Å². The van der Waals surface area contributed by atoms with Gasteiger partial charge in [-0.05, 0) is 37.3 Å². The highest BCUT2D eigenvalue weighted by Crippen LogP contribution is 2.27. The van der Waals surface area contributed by atoms with Crippen molar-refractivity contribution in [2.45, 2.75) is 43.9 Å². The minimum Gasteiger partial charge on any atom is -0.467 e. The second-order valence-electron chi connectivity index (χ2n) is 7.00. The minimum atomic E-state index is -3.56. The summed E-state index contributed by atoms with van der Waals surface area (Å²) in [5.41, 5.74) is 1.45. The van der Waals surface area contributed by atoms with E-state index >= 15 is 0 Å². The molecule has 3 rings (SSSR count). The number of aryl methyl sites for hydroxylation is 1. The van der Waals surface area contributed by atoms with Crippen LogP contribution in [0.3, 0.4) is 0 Å². The number of fused-ring (bicyclic) bond motifs is 1. The molecule has 31 heavy (non-hydrogen) atoms. The first-order chi connectivity index (χ1) is 14.8. The van der Waals surface area contributed by atoms with Crippen molar-refractivity contribution < 1.29 is 17.6 Å². The summed E-state index contributed by atoms with van der Waals surface area (Å²) in [7, 11) is -1.82. The van der Waals surface area contributed by atoms with Crippen LogP contribution < -0.4 is 0 Å². The van der Waals surface area contributed by atoms with Crippen LogP contribution in [0.2, 0.25) is 0 Å². The Kier molecular flexibility index (Phi) is 7.45. The lowest BCUT2D eigenvalue weighted by Gasteiger charge is -2.18. The third-order valence-electron chi connectivity index (χ3n) is 5.07. The summed E-state index contributed by atoms with van der Waals surface area (Å²) in [6.45, 7) is 7.53. The smallest absolute Gasteiger partial charge is 0.243 e. The van der Waals surface area contributed by atoms with E-state index in [0.717, 1.165) is 11.3 Å². The maximum absolute atomic E-state index is 12.8. The van der Waals surface area contributed by atoms with Crippen molar-refractivity contribution in [1.82, 2.24) is 18.8 Å². The van der Waals surface area contributed by atoms with Crippen LogP contribution in [-0.2, 0) is 27.9 Å². The number of carbonyl (C=O) groups is 1. The van der Waals surface area contributed by atoms with Gasteiger partial charge in [-0.2, -0.15) is 4.31 Å². The summed E-state index contributed by atoms with van der Waals surface area (Å²) < 4.78 is 34.4. The van der Waals surface area contributed by atoms with Crippen LogP contribution >= 0.6 is 11.8 Å². The van der Waals surface area contributed by atoms with E-state index in [0.29, 0.717) is 36.9 Å². The first-order valence-electron chi connectivity index (χ1n) is 10.2. The molecule has 0 aliphatic heterocycles. The molecule has 0 saturated carbocycles. The van der Waals surface area contributed by atoms with Crippen molar-refractivity contribution in [2.75, 3.05) is 25.9 Å². The van der Waals surface area contributed by atoms with Crippen LogP contribution in [-0.4, -0.2) is 59.0 Å². The van der Waals surface area contributed by atoms with E-state index in [1.807, 2.05) is 31.4 Å². The molecule has 1 aromatic carbocycles. The van der Waals surface area contributed by atoms with Crippen molar-refractivity contribution in [3.8, 4) is 0 Å². The van der Waals surface area contributed by atoms with Crippen LogP contribution in [0.4, 0.5) is 0 Å². The number of hydrogen-bond acceptors (Lipinski definition) is 6. The molecule has 0 saturated heterocycles. The molecule has 0 aliphatic carbocycles. The monoisotopic (exact) mass is 464 g/mol. The Bertz CT molecular complexity index is 1140. The third-order valence-corrected chi connectivity index (χ3v) is 8.07. The van der Waals surface area contributed by atoms with Crippen molar-refractivity contribution in [3.63, 3.8) is 0 Å². The van der Waals surface area contributed by atoms with Gasteiger partial charge in [0.1, 0.15) is 5.76 Å². The van der Waals surface area contributed by atoms with Crippen LogP contribution in [0.15, 0.2) is 51.1 Å². The maximum Gasteiger partial charge on any atom is 0.243 e. The highest BCUT2D eigenvalue weighted by Gasteiger charge is 2.23. The molecule has 2 heterocycles. The average molecular weight is 465 g/mol. The van der Waals surface area contributed by atoms with Crippen LogP contribution in [0, 0.1) is 0 Å². The summed E-state index contributed by atoms with van der Waals surface area (Å²) in [6, 6.07) is 8.65. The Morgan fingerprint density at radius 1 is 1.19 bits per heavy atom. The number of thioether (sulfide) groups is 1. The molecule has 10 heteroatoms. The Morgan fingerprint density at radius 3 is 2.55 bits per heavy atom. The van der Waals surface area contributed by atoms with Gasteiger partial charge >= 0.3 is 0 Å². The van der Waals surface area contributed by atoms with Gasteiger partial charge in [0.2, 0.25) is 15.9 Å². The standard InChI is InChI=1S/C21H28N4O4S2/c1-5-24(6-2)31(27,28)17-10-11-19-18(13-17)22-21(25(19)7-3)30-15-20(26)23(4)14-16-9-8-12-29-16/h8-13H,5-7,14-15H2,1-4H3. The third kappa shape index (κ3) is 4.97. The minimum absolute atomic E-state index is 0.0408. The summed E-state index contributed by atoms with van der Waals surface area (Å²) in [4.78, 5) is 19.0. The summed E-state index contributed by atoms with van der Waals surface area (Å²) >= 11 is 1.35. The van der Waals surface area contributed by atoms with Gasteiger partial charge in [0.25, 0.3) is 0 Å². The normalized spacial score (nSPS) is 12.0. The number of sulfonamides is 1. The van der Waals surface area contributed by atoms with Gasteiger partial charge in [-0.3, -0.25) is 4.79 Å². The maximum atomic E-state index is 12.8. The largest absolute Gasteiger partial charge is 0.467 e. The van der Waals surface area contributed by atoms with Crippen molar-refractivity contribution in [2.24, 2.45) is 0 Å². The topological polar surface area (TPSA) is 88.7 Å². The summed E-state index contributed by atoms with van der Waals surface area (Å²) in [5, 5.41) is 0.689. The fourth-order valence-corrected chi connectivity index (χ4v) is 5.83. The van der Waals surface area contributed by atoms with E-state index in [4.69, 9.17) is 4.42 Å². The van der Waals surface area contributed by atoms with E-state index in [1.165, 1.54) is 16.1 Å². The molecule has 0 fully saturated rings. The quantitative estimate of drug-likeness (QED) is 0.427. The summed E-state index contributed by atoms with van der Waals surface area (Å²) in [5.74, 6) is 0.912. The van der Waals surface area contributed by atoms with Gasteiger partial charge in [-0.25, -0.2) is 13.4 Å². The number of benzene rings is 1. The zero-order valence-electron chi connectivity index (χ0n) is 18.2. The van der Waals surface area contributed by atoms with Gasteiger partial charge in [0.15, 0.2) is 5.16 Å². The number of furan rings is 1. The molecule has 0 radical (unpaired) electrons. The molecular weight excluding hydrogens is 436 g/mol. The van der Waals surface area contributed by atoms with Gasteiger partial charge in [0, 0.05) is 26.7 Å². The molecule has 0 bridgehead atoms. The number of aromatic nitrogens is 2. The molecule has 3 aromatic rings. The molecule has 0 aliphatic rings. The van der Waals surface area contributed by atoms with Gasteiger partial charge < -0.3 is 13.9 Å². The number of rotatable bonds is 10. The van der Waals surface area contributed by atoms with E-state index < -0.39 is 10.0 Å². The van der Waals surface area contributed by atoms with Crippen molar-refractivity contribution >= 4 is 38.7 Å². The Morgan fingerprint density at radius 2 is 1.94 bits per heavy atom. The van der Waals surface area contributed by atoms with Gasteiger partial charge in [-0.15, -0.1) is 0 Å². The first kappa shape index (κ1) is 23.4. The lowest BCUT2D eigenvalue weighted by Crippen LogP contribution is -2.30. The highest BCUT2D eigenvalue weighted by atomic mass is 32.2. The molecular formula is C21H28N4O4S2. The van der Waals surface area contributed by atoms with E-state index in [2.05, 4.69) is 4.98 Å². The Balaban J connectivity index is 1.80. The predicted octanol–water partition coefficient (Wildman–Crippen LogP) is 3.43. The Labute approximate surface area is 187 Å². The van der Waals surface area contributed by atoms with E-state index in [-0.39, 0.29) is 16.6 Å². The second-order valence-corrected chi connectivity index (χ2v) is 9.88. The molecule has 0 atom stereocenters. The fourth-order valence-electron chi connectivity index (χ4n) is 3.34. The SMILES string of the molecule is CCN(CC)S(=O)(=O)c1ccc2c(c1)nc(SCC(=O)N(C)Cc1ccco1)n2CC. The number of imidazole rings is 1. The number of hydrogen-bond donors (Lipinski definition) is 0. The van der Waals surface area contributed by atoms with Gasteiger partial charge in [0.05, 0.1) is 34.5 Å². The van der Waals surface area contributed by atoms with Crippen molar-refractivity contribution in [3.05, 3.63) is 42.4 Å². The molecule has 0 unspecified atom stereocenters. The van der Waals surface area contributed by atoms with E-state index in [9.17, 15) is 13.2 Å². The Hall–Kier alpha value is -2.30. The van der Waals surface area contributed by atoms with Gasteiger partial charge in [-0.1, -0.05) is 25.6 Å². The molecule has 8 nitrogen and oxygen atoms in total. The molecule has 1 amide bonds. The zero-order chi connectivity index (χ0) is 22.6. The molecule has 2 aromatic heterocycles. The van der Waals surface area contributed by atoms with Crippen LogP contribution in [0.5, 0.6) is 0 Å². The van der Waals surface area contributed by atoms with Crippen LogP contribution in [0.1, 0.15) is 26.5 Å². The van der Waals surface area contributed by atoms with E-state index in [1.54, 1.807) is 42.5 Å². The predicted molar refractivity (Wildman–Crippen MR) is 121 cm³/mol. The average Bonchev–Trinajstić information content (AvgIpc) is 3.38. The zero-order valence-corrected chi connectivity index (χ0v) is 19.9.